The van der Waals surface area contributed by atoms with Gasteiger partial charge in [0.25, 0.3) is 0 Å². The van der Waals surface area contributed by atoms with Crippen LogP contribution in [-0.2, 0) is 4.74 Å². The Hall–Kier alpha value is -1.15. The highest BCUT2D eigenvalue weighted by Gasteiger charge is 2.46. The van der Waals surface area contributed by atoms with Crippen LogP contribution in [0.2, 0.25) is 0 Å². The zero-order valence-electron chi connectivity index (χ0n) is 7.82. The van der Waals surface area contributed by atoms with Gasteiger partial charge in [0.1, 0.15) is 18.3 Å². The number of nitrogens with one attached hydrogen (secondary N) is 1. The second-order valence-corrected chi connectivity index (χ2v) is 3.43. The molecule has 2 rings (SSSR count). The predicted molar refractivity (Wildman–Crippen MR) is 45.7 cm³/mol. The summed E-state index contributed by atoms with van der Waals surface area (Å²) < 4.78 is 6.43. The summed E-state index contributed by atoms with van der Waals surface area (Å²) in [6.45, 7) is -0.388. The molecule has 4 atom stereocenters. The summed E-state index contributed by atoms with van der Waals surface area (Å²) in [5, 5.41) is 37.3. The van der Waals surface area contributed by atoms with Gasteiger partial charge in [-0.15, -0.1) is 0 Å². The van der Waals surface area contributed by atoms with Crippen LogP contribution in [0.4, 0.5) is 0 Å². The van der Waals surface area contributed by atoms with Gasteiger partial charge in [-0.2, -0.15) is 4.57 Å². The lowest BCUT2D eigenvalue weighted by Crippen LogP contribution is -2.44. The van der Waals surface area contributed by atoms with Crippen molar-refractivity contribution in [3.63, 3.8) is 0 Å². The summed E-state index contributed by atoms with van der Waals surface area (Å²) in [6.07, 6.45) is -1.38. The fourth-order valence-corrected chi connectivity index (χ4v) is 1.65. The number of aliphatic hydroxyl groups excluding tert-OH is 3. The summed E-state index contributed by atoms with van der Waals surface area (Å²) >= 11 is 0. The lowest BCUT2D eigenvalue weighted by Gasteiger charge is -2.10. The Morgan fingerprint density at radius 3 is 2.60 bits per heavy atom. The van der Waals surface area contributed by atoms with Gasteiger partial charge in [0.05, 0.1) is 6.61 Å². The van der Waals surface area contributed by atoms with Crippen LogP contribution in [-0.4, -0.2) is 50.3 Å². The molecular formula is C8H13N2O5+. The number of aliphatic hydroxyl groups is 3. The number of imidazole rings is 1. The van der Waals surface area contributed by atoms with Crippen molar-refractivity contribution in [2.24, 2.45) is 0 Å². The van der Waals surface area contributed by atoms with E-state index in [-0.39, 0.29) is 12.5 Å². The maximum absolute atomic E-state index is 9.62. The van der Waals surface area contributed by atoms with E-state index in [1.807, 2.05) is 0 Å². The van der Waals surface area contributed by atoms with Crippen molar-refractivity contribution < 1.29 is 29.7 Å². The molecule has 1 aromatic rings. The van der Waals surface area contributed by atoms with Crippen molar-refractivity contribution in [2.45, 2.75) is 24.5 Å². The summed E-state index contributed by atoms with van der Waals surface area (Å²) in [4.78, 5) is 2.62. The average Bonchev–Trinajstić information content (AvgIpc) is 2.74. The van der Waals surface area contributed by atoms with Crippen LogP contribution in [0.25, 0.3) is 0 Å². The average molecular weight is 217 g/mol. The number of hydrogen-bond donors (Lipinski definition) is 5. The summed E-state index contributed by atoms with van der Waals surface area (Å²) in [6, 6.07) is 0. The minimum absolute atomic E-state index is 0.121. The van der Waals surface area contributed by atoms with E-state index in [1.165, 1.54) is 17.1 Å². The number of hydrogen-bond acceptors (Lipinski definition) is 5. The molecule has 7 heteroatoms. The number of nitrogens with zero attached hydrogens (tertiary/aromatic N) is 1. The molecule has 1 saturated heterocycles. The number of H-pyrrole nitrogens is 1. The van der Waals surface area contributed by atoms with Crippen molar-refractivity contribution in [2.75, 3.05) is 6.61 Å². The minimum atomic E-state index is -1.19. The SMILES string of the molecule is OC[C@H]1O[C@@H]([n+]2c[nH]cc2O)[C@H](O)[C@@H]1O. The van der Waals surface area contributed by atoms with E-state index < -0.39 is 24.5 Å². The zero-order chi connectivity index (χ0) is 11.0. The smallest absolute Gasteiger partial charge is 0.324 e. The molecule has 5 N–H and O–H groups in total. The normalized spacial score (nSPS) is 35.9. The Bertz CT molecular complexity index is 342. The van der Waals surface area contributed by atoms with Gasteiger partial charge < -0.3 is 25.2 Å². The number of ether oxygens (including phenoxy) is 1. The first-order chi connectivity index (χ1) is 7.15. The van der Waals surface area contributed by atoms with Crippen molar-refractivity contribution >= 4 is 0 Å². The summed E-state index contributed by atoms with van der Waals surface area (Å²) in [5.41, 5.74) is 0. The van der Waals surface area contributed by atoms with Crippen molar-refractivity contribution in [1.29, 1.82) is 0 Å². The summed E-state index contributed by atoms with van der Waals surface area (Å²) in [5.74, 6) is -0.121. The molecule has 0 radical (unpaired) electrons. The fraction of sp³-hybridized carbons (Fsp3) is 0.625. The van der Waals surface area contributed by atoms with Crippen LogP contribution in [0.5, 0.6) is 5.88 Å². The maximum Gasteiger partial charge on any atom is 0.324 e. The second kappa shape index (κ2) is 3.78. The first-order valence-electron chi connectivity index (χ1n) is 4.54. The molecule has 15 heavy (non-hydrogen) atoms. The molecule has 84 valence electrons. The van der Waals surface area contributed by atoms with Gasteiger partial charge >= 0.3 is 5.88 Å². The van der Waals surface area contributed by atoms with Crippen LogP contribution in [0.15, 0.2) is 12.5 Å². The third-order valence-corrected chi connectivity index (χ3v) is 2.48. The van der Waals surface area contributed by atoms with Crippen molar-refractivity contribution in [3.8, 4) is 5.88 Å². The first-order valence-corrected chi connectivity index (χ1v) is 4.54. The van der Waals surface area contributed by atoms with Crippen LogP contribution >= 0.6 is 0 Å². The first kappa shape index (κ1) is 10.4. The highest BCUT2D eigenvalue weighted by Crippen LogP contribution is 2.26. The molecular weight excluding hydrogens is 204 g/mol. The van der Waals surface area contributed by atoms with Gasteiger partial charge in [-0.05, 0) is 0 Å². The fourth-order valence-electron chi connectivity index (χ4n) is 1.65. The third-order valence-electron chi connectivity index (χ3n) is 2.48. The number of aromatic hydroxyl groups is 1. The predicted octanol–water partition coefficient (Wildman–Crippen LogP) is -2.38. The Labute approximate surface area is 85.2 Å². The van der Waals surface area contributed by atoms with Gasteiger partial charge in [-0.25, -0.2) is 4.98 Å². The van der Waals surface area contributed by atoms with E-state index in [1.54, 1.807) is 0 Å². The molecule has 0 aromatic carbocycles. The quantitative estimate of drug-likeness (QED) is 0.355. The van der Waals surface area contributed by atoms with E-state index in [0.29, 0.717) is 0 Å². The van der Waals surface area contributed by atoms with Crippen LogP contribution in [0.1, 0.15) is 6.23 Å². The largest absolute Gasteiger partial charge is 0.475 e. The Morgan fingerprint density at radius 2 is 2.13 bits per heavy atom. The van der Waals surface area contributed by atoms with Crippen LogP contribution in [0.3, 0.4) is 0 Å². The Morgan fingerprint density at radius 1 is 1.40 bits per heavy atom. The number of aromatic nitrogens is 2. The van der Waals surface area contributed by atoms with Crippen LogP contribution in [0, 0.1) is 0 Å². The van der Waals surface area contributed by atoms with E-state index in [4.69, 9.17) is 9.84 Å². The molecule has 1 aliphatic heterocycles. The van der Waals surface area contributed by atoms with Gasteiger partial charge in [-0.3, -0.25) is 0 Å². The highest BCUT2D eigenvalue weighted by molar-refractivity contribution is 4.91. The van der Waals surface area contributed by atoms with Crippen molar-refractivity contribution in [3.05, 3.63) is 12.5 Å². The molecule has 0 aliphatic carbocycles. The molecule has 0 saturated carbocycles. The molecule has 0 unspecified atom stereocenters. The maximum atomic E-state index is 9.62. The molecule has 1 fully saturated rings. The standard InChI is InChI=1S/C8H12N2O5/c11-2-4-6(13)7(14)8(15-4)10-3-9-1-5(10)12/h1,3-4,6-8,11-14H,2H2/p+1/t4-,6-,7-,8-/m1/s1. The van der Waals surface area contributed by atoms with E-state index in [0.717, 1.165) is 0 Å². The topological polar surface area (TPSA) is 110 Å². The Balaban J connectivity index is 2.22. The Kier molecular flexibility index (Phi) is 2.61. The molecule has 1 aliphatic rings. The van der Waals surface area contributed by atoms with Gasteiger partial charge in [0.2, 0.25) is 12.6 Å². The minimum Gasteiger partial charge on any atom is -0.475 e. The summed E-state index contributed by atoms with van der Waals surface area (Å²) in [7, 11) is 0. The van der Waals surface area contributed by atoms with E-state index >= 15 is 0 Å². The van der Waals surface area contributed by atoms with E-state index in [9.17, 15) is 15.3 Å². The van der Waals surface area contributed by atoms with Gasteiger partial charge in [0.15, 0.2) is 6.20 Å². The molecule has 2 heterocycles. The second-order valence-electron chi connectivity index (χ2n) is 3.43. The van der Waals surface area contributed by atoms with Crippen molar-refractivity contribution in [1.82, 2.24) is 4.98 Å². The number of aromatic amines is 1. The molecule has 0 amide bonds. The lowest BCUT2D eigenvalue weighted by molar-refractivity contribution is -0.768. The monoisotopic (exact) mass is 217 g/mol. The molecule has 0 bridgehead atoms. The zero-order valence-corrected chi connectivity index (χ0v) is 7.82. The van der Waals surface area contributed by atoms with Gasteiger partial charge in [0, 0.05) is 0 Å². The third kappa shape index (κ3) is 1.59. The van der Waals surface area contributed by atoms with E-state index in [2.05, 4.69) is 4.98 Å². The highest BCUT2D eigenvalue weighted by atomic mass is 16.6. The molecule has 7 nitrogen and oxygen atoms in total. The molecule has 1 aromatic heterocycles. The van der Waals surface area contributed by atoms with Crippen LogP contribution < -0.4 is 4.57 Å². The molecule has 0 spiro atoms. The van der Waals surface area contributed by atoms with Gasteiger partial charge in [-0.1, -0.05) is 0 Å². The lowest BCUT2D eigenvalue weighted by atomic mass is 10.1. The number of rotatable bonds is 2.